The minimum atomic E-state index is -2.98. The minimum absolute atomic E-state index is 0.887. The largest absolute Gasteiger partial charge is 0.455 e. The number of hydrogen-bond acceptors (Lipinski definition) is 2. The summed E-state index contributed by atoms with van der Waals surface area (Å²) in [5.74, 6) is 0. The number of hydrogen-bond donors (Lipinski definition) is 0. The third-order valence-electron chi connectivity index (χ3n) is 14.2. The number of nitrogens with zero attached hydrogens (tertiary/aromatic N) is 1. The van der Waals surface area contributed by atoms with Gasteiger partial charge in [-0.15, -0.1) is 0 Å². The van der Waals surface area contributed by atoms with Gasteiger partial charge < -0.3 is 9.32 Å². The van der Waals surface area contributed by atoms with Gasteiger partial charge in [0, 0.05) is 32.8 Å². The van der Waals surface area contributed by atoms with Crippen LogP contribution in [0, 0.1) is 0 Å². The molecule has 0 spiro atoms. The fraction of sp³-hybridized carbons (Fsp3) is 0. The molecule has 0 amide bonds. The Balaban J connectivity index is 1.02. The third-order valence-corrected chi connectivity index (χ3v) is 19.0. The predicted molar refractivity (Wildman–Crippen MR) is 295 cm³/mol. The highest BCUT2D eigenvalue weighted by atomic mass is 28.3. The van der Waals surface area contributed by atoms with Gasteiger partial charge in [0.1, 0.15) is 11.2 Å². The van der Waals surface area contributed by atoms with Crippen LogP contribution >= 0.6 is 0 Å². The highest BCUT2D eigenvalue weighted by Crippen LogP contribution is 2.47. The van der Waals surface area contributed by atoms with E-state index in [-0.39, 0.29) is 0 Å². The van der Waals surface area contributed by atoms with E-state index in [1.165, 1.54) is 47.9 Å². The van der Waals surface area contributed by atoms with Gasteiger partial charge in [-0.3, -0.25) is 0 Å². The first-order valence-electron chi connectivity index (χ1n) is 23.7. The Kier molecular flexibility index (Phi) is 9.88. The molecule has 0 unspecified atom stereocenters. The van der Waals surface area contributed by atoms with E-state index in [2.05, 4.69) is 272 Å². The zero-order valence-corrected chi connectivity index (χ0v) is 38.8. The molecule has 13 aromatic rings. The quantitative estimate of drug-likeness (QED) is 0.0815. The van der Waals surface area contributed by atoms with Crippen molar-refractivity contribution in [3.8, 4) is 22.3 Å². The number of fused-ring (bicyclic) bond motifs is 8. The first-order valence-corrected chi connectivity index (χ1v) is 25.7. The van der Waals surface area contributed by atoms with Crippen molar-refractivity contribution in [2.24, 2.45) is 0 Å². The molecule has 0 saturated heterocycles. The number of furan rings is 1. The van der Waals surface area contributed by atoms with E-state index < -0.39 is 8.07 Å². The molecule has 1 heterocycles. The van der Waals surface area contributed by atoms with Gasteiger partial charge in [0.25, 0.3) is 0 Å². The van der Waals surface area contributed by atoms with Crippen molar-refractivity contribution < 1.29 is 4.42 Å². The molecule has 0 saturated carbocycles. The fourth-order valence-corrected chi connectivity index (χ4v) is 16.1. The Hall–Kier alpha value is -8.76. The molecule has 0 radical (unpaired) electrons. The third kappa shape index (κ3) is 6.70. The molecule has 0 N–H and O–H groups in total. The molecular formula is C66H45NOSi. The lowest BCUT2D eigenvalue weighted by Crippen LogP contribution is -2.74. The first kappa shape index (κ1) is 40.5. The number of para-hydroxylation sites is 2. The molecule has 0 bridgehead atoms. The molecule has 0 aliphatic heterocycles. The van der Waals surface area contributed by atoms with E-state index in [0.29, 0.717) is 0 Å². The van der Waals surface area contributed by atoms with Gasteiger partial charge in [-0.05, 0) is 89.3 Å². The summed E-state index contributed by atoms with van der Waals surface area (Å²) in [7, 11) is -2.98. The van der Waals surface area contributed by atoms with Gasteiger partial charge in [0.2, 0.25) is 0 Å². The predicted octanol–water partition coefficient (Wildman–Crippen LogP) is 15.2. The van der Waals surface area contributed by atoms with Crippen LogP contribution < -0.4 is 25.6 Å². The Labute approximate surface area is 402 Å². The summed E-state index contributed by atoms with van der Waals surface area (Å²) >= 11 is 0. The molecule has 324 valence electrons. The van der Waals surface area contributed by atoms with Crippen LogP contribution in [-0.2, 0) is 0 Å². The maximum atomic E-state index is 6.61. The topological polar surface area (TPSA) is 16.4 Å². The minimum Gasteiger partial charge on any atom is -0.455 e. The lowest BCUT2D eigenvalue weighted by Gasteiger charge is -2.36. The monoisotopic (exact) mass is 895 g/mol. The van der Waals surface area contributed by atoms with Crippen molar-refractivity contribution in [2.75, 3.05) is 4.90 Å². The molecule has 12 aromatic carbocycles. The number of benzene rings is 12. The van der Waals surface area contributed by atoms with Gasteiger partial charge in [0.05, 0.1) is 11.4 Å². The summed E-state index contributed by atoms with van der Waals surface area (Å²) in [4.78, 5) is 2.44. The van der Waals surface area contributed by atoms with Gasteiger partial charge >= 0.3 is 0 Å². The van der Waals surface area contributed by atoms with Crippen molar-refractivity contribution in [3.63, 3.8) is 0 Å². The summed E-state index contributed by atoms with van der Waals surface area (Å²) < 4.78 is 6.61. The average Bonchev–Trinajstić information content (AvgIpc) is 3.81. The van der Waals surface area contributed by atoms with E-state index in [4.69, 9.17) is 4.42 Å². The van der Waals surface area contributed by atoms with Crippen molar-refractivity contribution in [1.29, 1.82) is 0 Å². The fourth-order valence-electron chi connectivity index (χ4n) is 11.1. The summed E-state index contributed by atoms with van der Waals surface area (Å²) in [5.41, 5.74) is 9.70. The molecule has 0 aliphatic carbocycles. The first-order chi connectivity index (χ1) is 34.2. The Morgan fingerprint density at radius 2 is 0.855 bits per heavy atom. The van der Waals surface area contributed by atoms with Gasteiger partial charge in [-0.25, -0.2) is 0 Å². The van der Waals surface area contributed by atoms with E-state index in [1.807, 2.05) is 6.07 Å². The lowest BCUT2D eigenvalue weighted by molar-refractivity contribution is 0.672. The van der Waals surface area contributed by atoms with Crippen molar-refractivity contribution in [2.45, 2.75) is 0 Å². The van der Waals surface area contributed by atoms with Gasteiger partial charge in [-0.1, -0.05) is 243 Å². The van der Waals surface area contributed by atoms with E-state index >= 15 is 0 Å². The Morgan fingerprint density at radius 1 is 0.304 bits per heavy atom. The van der Waals surface area contributed by atoms with Crippen molar-refractivity contribution in [1.82, 2.24) is 0 Å². The van der Waals surface area contributed by atoms with E-state index in [9.17, 15) is 0 Å². The lowest BCUT2D eigenvalue weighted by atomic mass is 9.98. The molecule has 0 fully saturated rings. The normalized spacial score (nSPS) is 11.8. The second-order valence-electron chi connectivity index (χ2n) is 17.9. The number of rotatable bonds is 9. The molecule has 2 nitrogen and oxygen atoms in total. The van der Waals surface area contributed by atoms with Crippen LogP contribution in [0.1, 0.15) is 0 Å². The average molecular weight is 896 g/mol. The second-order valence-corrected chi connectivity index (χ2v) is 21.7. The SMILES string of the molecule is c1ccc(-c2ccccc2N(c2ccc(-c3cccc([Si](c4ccccc4)(c4ccccc4)c4cc5ccccc5c5ccccc45)c3)cc2)c2cc3c4ccccc4oc3c3ccccc23)cc1. The van der Waals surface area contributed by atoms with E-state index in [1.54, 1.807) is 0 Å². The van der Waals surface area contributed by atoms with Crippen LogP contribution in [0.15, 0.2) is 277 Å². The van der Waals surface area contributed by atoms with Crippen LogP contribution in [0.2, 0.25) is 0 Å². The Bertz CT molecular complexity index is 3970. The van der Waals surface area contributed by atoms with Crippen molar-refractivity contribution in [3.05, 3.63) is 273 Å². The van der Waals surface area contributed by atoms with Gasteiger partial charge in [0.15, 0.2) is 8.07 Å². The molecule has 3 heteroatoms. The molecule has 0 atom stereocenters. The van der Waals surface area contributed by atoms with Crippen LogP contribution in [-0.4, -0.2) is 8.07 Å². The molecule has 0 aliphatic rings. The summed E-state index contributed by atoms with van der Waals surface area (Å²) in [6, 6.07) is 100. The Morgan fingerprint density at radius 3 is 1.59 bits per heavy atom. The maximum absolute atomic E-state index is 6.61. The molecular weight excluding hydrogens is 851 g/mol. The summed E-state index contributed by atoms with van der Waals surface area (Å²) in [6.45, 7) is 0. The number of anilines is 3. The highest BCUT2D eigenvalue weighted by molar-refractivity contribution is 7.20. The summed E-state index contributed by atoms with van der Waals surface area (Å²) in [6.07, 6.45) is 0. The zero-order valence-electron chi connectivity index (χ0n) is 37.8. The van der Waals surface area contributed by atoms with Crippen LogP contribution in [0.5, 0.6) is 0 Å². The second kappa shape index (κ2) is 16.8. The van der Waals surface area contributed by atoms with Gasteiger partial charge in [-0.2, -0.15) is 0 Å². The molecule has 1 aromatic heterocycles. The van der Waals surface area contributed by atoms with Crippen molar-refractivity contribution >= 4 is 100 Å². The highest BCUT2D eigenvalue weighted by Gasteiger charge is 2.43. The van der Waals surface area contributed by atoms with Crippen LogP contribution in [0.4, 0.5) is 17.1 Å². The van der Waals surface area contributed by atoms with E-state index in [0.717, 1.165) is 66.5 Å². The maximum Gasteiger partial charge on any atom is 0.180 e. The molecule has 69 heavy (non-hydrogen) atoms. The standard InChI is InChI=1S/C66H45NOSi/c1-4-21-47(22-5-1)55-31-16-18-37-62(55)67(63-45-61-58-34-17-19-38-64(58)68-66(61)60-36-15-13-33-57(60)63)50-41-39-46(40-42-50)48-24-20-29-53(43-48)69(51-25-6-2-7-26-51,52-27-8-3-9-28-52)65-44-49-23-10-11-30-54(49)56-32-12-14-35-59(56)65/h1-45H. The van der Waals surface area contributed by atoms with Crippen LogP contribution in [0.3, 0.4) is 0 Å². The molecule has 13 rings (SSSR count). The zero-order chi connectivity index (χ0) is 45.7. The van der Waals surface area contributed by atoms with Crippen LogP contribution in [0.25, 0.3) is 76.5 Å². The smallest absolute Gasteiger partial charge is 0.180 e. The summed E-state index contributed by atoms with van der Waals surface area (Å²) in [5, 5.41) is 15.0.